The highest BCUT2D eigenvalue weighted by Gasteiger charge is 2.35. The van der Waals surface area contributed by atoms with Crippen LogP contribution in [0, 0.1) is 0 Å². The van der Waals surface area contributed by atoms with Crippen LogP contribution in [-0.2, 0) is 6.42 Å². The van der Waals surface area contributed by atoms with Gasteiger partial charge in [0.15, 0.2) is 0 Å². The molecule has 2 nitrogen and oxygen atoms in total. The van der Waals surface area contributed by atoms with E-state index in [-0.39, 0.29) is 0 Å². The molecular weight excluding hydrogens is 232 g/mol. The summed E-state index contributed by atoms with van der Waals surface area (Å²) in [6.07, 6.45) is 6.71. The minimum Gasteiger partial charge on any atom is -0.311 e. The van der Waals surface area contributed by atoms with E-state index in [0.29, 0.717) is 0 Å². The molecule has 2 heteroatoms. The lowest BCUT2D eigenvalue weighted by molar-refractivity contribution is 0.149. The maximum Gasteiger partial charge on any atom is 0.0125 e. The van der Waals surface area contributed by atoms with Crippen molar-refractivity contribution in [3.8, 4) is 0 Å². The number of fused-ring (bicyclic) bond motifs is 2. The Labute approximate surface area is 117 Å². The molecule has 0 amide bonds. The van der Waals surface area contributed by atoms with Crippen LogP contribution >= 0.6 is 0 Å². The second-order valence-electron chi connectivity index (χ2n) is 6.13. The van der Waals surface area contributed by atoms with Gasteiger partial charge in [-0.25, -0.2) is 0 Å². The summed E-state index contributed by atoms with van der Waals surface area (Å²) in [4.78, 5) is 2.71. The number of piperidine rings is 1. The quantitative estimate of drug-likeness (QED) is 0.873. The Bertz CT molecular complexity index is 378. The zero-order chi connectivity index (χ0) is 13.1. The van der Waals surface area contributed by atoms with Crippen LogP contribution in [0.5, 0.6) is 0 Å². The summed E-state index contributed by atoms with van der Waals surface area (Å²) in [6, 6.07) is 13.3. The SMILES string of the molecule is CCN(CCc1ccccc1)C1CC2CCC(C1)N2. The highest BCUT2D eigenvalue weighted by Crippen LogP contribution is 2.29. The van der Waals surface area contributed by atoms with Crippen molar-refractivity contribution in [2.45, 2.75) is 57.2 Å². The highest BCUT2D eigenvalue weighted by atomic mass is 15.2. The number of nitrogens with one attached hydrogen (secondary N) is 1. The van der Waals surface area contributed by atoms with Gasteiger partial charge in [0.1, 0.15) is 0 Å². The molecule has 2 aliphatic rings. The van der Waals surface area contributed by atoms with Crippen molar-refractivity contribution in [3.63, 3.8) is 0 Å². The van der Waals surface area contributed by atoms with Gasteiger partial charge in [-0.05, 0) is 44.2 Å². The van der Waals surface area contributed by atoms with Gasteiger partial charge in [-0.2, -0.15) is 0 Å². The Kier molecular flexibility index (Phi) is 4.19. The minimum atomic E-state index is 0.800. The molecule has 2 atom stereocenters. The molecule has 104 valence electrons. The number of hydrogen-bond donors (Lipinski definition) is 1. The van der Waals surface area contributed by atoms with E-state index in [1.807, 2.05) is 0 Å². The molecular formula is C17H26N2. The summed E-state index contributed by atoms with van der Waals surface area (Å²) >= 11 is 0. The highest BCUT2D eigenvalue weighted by molar-refractivity contribution is 5.15. The smallest absolute Gasteiger partial charge is 0.0125 e. The van der Waals surface area contributed by atoms with Gasteiger partial charge >= 0.3 is 0 Å². The molecule has 19 heavy (non-hydrogen) atoms. The third kappa shape index (κ3) is 3.18. The maximum atomic E-state index is 3.75. The van der Waals surface area contributed by atoms with Crippen molar-refractivity contribution >= 4 is 0 Å². The van der Waals surface area contributed by atoms with Crippen LogP contribution < -0.4 is 5.32 Å². The molecule has 2 aliphatic heterocycles. The molecule has 0 aliphatic carbocycles. The van der Waals surface area contributed by atoms with Gasteiger partial charge in [-0.3, -0.25) is 0 Å². The zero-order valence-corrected chi connectivity index (χ0v) is 12.0. The number of hydrogen-bond acceptors (Lipinski definition) is 2. The van der Waals surface area contributed by atoms with Gasteiger partial charge < -0.3 is 10.2 Å². The van der Waals surface area contributed by atoms with E-state index in [1.54, 1.807) is 0 Å². The van der Waals surface area contributed by atoms with Crippen molar-refractivity contribution < 1.29 is 0 Å². The first-order valence-corrected chi connectivity index (χ1v) is 7.89. The van der Waals surface area contributed by atoms with E-state index >= 15 is 0 Å². The van der Waals surface area contributed by atoms with Crippen molar-refractivity contribution in [3.05, 3.63) is 35.9 Å². The summed E-state index contributed by atoms with van der Waals surface area (Å²) in [5.74, 6) is 0. The molecule has 0 radical (unpaired) electrons. The van der Waals surface area contributed by atoms with Crippen LogP contribution in [0.3, 0.4) is 0 Å². The predicted octanol–water partition coefficient (Wildman–Crippen LogP) is 2.83. The van der Waals surface area contributed by atoms with Crippen LogP contribution in [-0.4, -0.2) is 36.1 Å². The fourth-order valence-corrected chi connectivity index (χ4v) is 3.84. The van der Waals surface area contributed by atoms with Crippen LogP contribution in [0.1, 0.15) is 38.2 Å². The Morgan fingerprint density at radius 2 is 1.79 bits per heavy atom. The van der Waals surface area contributed by atoms with Crippen molar-refractivity contribution in [1.29, 1.82) is 0 Å². The second-order valence-corrected chi connectivity index (χ2v) is 6.13. The summed E-state index contributed by atoms with van der Waals surface area (Å²) in [5.41, 5.74) is 1.47. The number of nitrogens with zero attached hydrogens (tertiary/aromatic N) is 1. The van der Waals surface area contributed by atoms with Gasteiger partial charge in [0.25, 0.3) is 0 Å². The lowest BCUT2D eigenvalue weighted by Crippen LogP contribution is -2.48. The summed E-state index contributed by atoms with van der Waals surface area (Å²) in [5, 5.41) is 3.75. The molecule has 1 aromatic rings. The fraction of sp³-hybridized carbons (Fsp3) is 0.647. The van der Waals surface area contributed by atoms with Gasteiger partial charge in [0.2, 0.25) is 0 Å². The molecule has 0 aromatic heterocycles. The maximum absolute atomic E-state index is 3.75. The monoisotopic (exact) mass is 258 g/mol. The first-order valence-electron chi connectivity index (χ1n) is 7.89. The summed E-state index contributed by atoms with van der Waals surface area (Å²) in [6.45, 7) is 4.72. The Morgan fingerprint density at radius 3 is 2.42 bits per heavy atom. The molecule has 2 fully saturated rings. The van der Waals surface area contributed by atoms with E-state index in [2.05, 4.69) is 47.5 Å². The number of benzene rings is 1. The van der Waals surface area contributed by atoms with Gasteiger partial charge in [-0.1, -0.05) is 37.3 Å². The summed E-state index contributed by atoms with van der Waals surface area (Å²) in [7, 11) is 0. The van der Waals surface area contributed by atoms with E-state index in [1.165, 1.54) is 50.8 Å². The second kappa shape index (κ2) is 6.06. The first-order chi connectivity index (χ1) is 9.35. The largest absolute Gasteiger partial charge is 0.311 e. The zero-order valence-electron chi connectivity index (χ0n) is 12.0. The third-order valence-electron chi connectivity index (χ3n) is 4.90. The van der Waals surface area contributed by atoms with Crippen LogP contribution in [0.15, 0.2) is 30.3 Å². The average Bonchev–Trinajstić information content (AvgIpc) is 2.79. The molecule has 1 N–H and O–H groups in total. The van der Waals surface area contributed by atoms with E-state index in [9.17, 15) is 0 Å². The third-order valence-corrected chi connectivity index (χ3v) is 4.90. The van der Waals surface area contributed by atoms with Crippen LogP contribution in [0.4, 0.5) is 0 Å². The normalized spacial score (nSPS) is 29.9. The summed E-state index contributed by atoms with van der Waals surface area (Å²) < 4.78 is 0. The van der Waals surface area contributed by atoms with Gasteiger partial charge in [-0.15, -0.1) is 0 Å². The Hall–Kier alpha value is -0.860. The standard InChI is InChI=1S/C17H26N2/c1-2-19(11-10-14-6-4-3-5-7-14)17-12-15-8-9-16(13-17)18-15/h3-7,15-18H,2,8-13H2,1H3. The number of likely N-dealkylation sites (N-methyl/N-ethyl adjacent to an activating group) is 1. The lowest BCUT2D eigenvalue weighted by Gasteiger charge is -2.37. The molecule has 2 saturated heterocycles. The first kappa shape index (κ1) is 13.1. The fourth-order valence-electron chi connectivity index (χ4n) is 3.84. The van der Waals surface area contributed by atoms with Gasteiger partial charge in [0.05, 0.1) is 0 Å². The molecule has 0 spiro atoms. The lowest BCUT2D eigenvalue weighted by atomic mass is 9.97. The van der Waals surface area contributed by atoms with E-state index in [0.717, 1.165) is 18.1 Å². The van der Waals surface area contributed by atoms with Gasteiger partial charge in [0, 0.05) is 24.7 Å². The van der Waals surface area contributed by atoms with Crippen molar-refractivity contribution in [2.24, 2.45) is 0 Å². The van der Waals surface area contributed by atoms with Crippen molar-refractivity contribution in [2.75, 3.05) is 13.1 Å². The molecule has 2 heterocycles. The van der Waals surface area contributed by atoms with E-state index in [4.69, 9.17) is 0 Å². The van der Waals surface area contributed by atoms with Crippen LogP contribution in [0.25, 0.3) is 0 Å². The molecule has 2 unspecified atom stereocenters. The Balaban J connectivity index is 1.55. The topological polar surface area (TPSA) is 15.3 Å². The predicted molar refractivity (Wildman–Crippen MR) is 80.4 cm³/mol. The Morgan fingerprint density at radius 1 is 1.11 bits per heavy atom. The minimum absolute atomic E-state index is 0.800. The molecule has 0 saturated carbocycles. The van der Waals surface area contributed by atoms with Crippen LogP contribution in [0.2, 0.25) is 0 Å². The molecule has 3 rings (SSSR count). The average molecular weight is 258 g/mol. The van der Waals surface area contributed by atoms with Crippen molar-refractivity contribution in [1.82, 2.24) is 10.2 Å². The van der Waals surface area contributed by atoms with E-state index < -0.39 is 0 Å². The molecule has 1 aromatic carbocycles. The number of rotatable bonds is 5. The molecule has 2 bridgehead atoms.